The number of halogens is 2. The molecule has 3 rings (SSSR count). The van der Waals surface area contributed by atoms with Crippen molar-refractivity contribution in [2.45, 2.75) is 13.0 Å². The number of fused-ring (bicyclic) bond motifs is 1. The monoisotopic (exact) mass is 433 g/mol. The molecule has 0 radical (unpaired) electrons. The zero-order valence-corrected chi connectivity index (χ0v) is 16.6. The number of nitrogens with two attached hydrogens (primary N) is 1. The standard InChI is InChI=1S/C15H13Cl2N3O4S2/c1-24-15(23)20-3-2-6-8(5-20)25-14(10(6)12(18)21)19-13(22)7-4-9(16)26-11(7)17/h4H,2-3,5H2,1H3,(H2,18,21)(H,19,22). The van der Waals surface area contributed by atoms with E-state index in [0.717, 1.165) is 21.8 Å². The summed E-state index contributed by atoms with van der Waals surface area (Å²) in [6.45, 7) is 0.684. The second kappa shape index (κ2) is 7.43. The molecule has 0 spiro atoms. The van der Waals surface area contributed by atoms with Crippen LogP contribution in [0.5, 0.6) is 0 Å². The van der Waals surface area contributed by atoms with Gasteiger partial charge in [0.2, 0.25) is 0 Å². The van der Waals surface area contributed by atoms with Gasteiger partial charge in [0.1, 0.15) is 9.34 Å². The summed E-state index contributed by atoms with van der Waals surface area (Å²) in [5.41, 5.74) is 6.75. The van der Waals surface area contributed by atoms with Crippen LogP contribution >= 0.6 is 45.9 Å². The number of carbonyl (C=O) groups is 3. The van der Waals surface area contributed by atoms with Gasteiger partial charge in [-0.05, 0) is 18.1 Å². The van der Waals surface area contributed by atoms with Crippen LogP contribution in [0.25, 0.3) is 0 Å². The summed E-state index contributed by atoms with van der Waals surface area (Å²) < 4.78 is 5.37. The van der Waals surface area contributed by atoms with E-state index in [4.69, 9.17) is 33.7 Å². The molecule has 3 N–H and O–H groups in total. The molecule has 3 amide bonds. The van der Waals surface area contributed by atoms with Crippen LogP contribution in [-0.4, -0.2) is 36.5 Å². The van der Waals surface area contributed by atoms with Crippen LogP contribution in [0.1, 0.15) is 31.2 Å². The number of nitrogens with one attached hydrogen (secondary N) is 1. The van der Waals surface area contributed by atoms with Crippen LogP contribution in [0.3, 0.4) is 0 Å². The van der Waals surface area contributed by atoms with E-state index in [1.165, 1.54) is 29.4 Å². The summed E-state index contributed by atoms with van der Waals surface area (Å²) in [6.07, 6.45) is -0.00456. The molecule has 0 aliphatic carbocycles. The van der Waals surface area contributed by atoms with E-state index in [9.17, 15) is 14.4 Å². The molecule has 0 atom stereocenters. The highest BCUT2D eigenvalue weighted by Crippen LogP contribution is 2.38. The minimum Gasteiger partial charge on any atom is -0.453 e. The maximum Gasteiger partial charge on any atom is 0.409 e. The quantitative estimate of drug-likeness (QED) is 0.771. The van der Waals surface area contributed by atoms with Gasteiger partial charge < -0.3 is 20.7 Å². The van der Waals surface area contributed by atoms with Crippen LogP contribution in [0, 0.1) is 0 Å². The molecule has 11 heteroatoms. The molecule has 2 aromatic rings. The van der Waals surface area contributed by atoms with Gasteiger partial charge in [-0.3, -0.25) is 9.59 Å². The third-order valence-corrected chi connectivity index (χ3v) is 6.48. The van der Waals surface area contributed by atoms with Crippen molar-refractivity contribution in [2.24, 2.45) is 5.73 Å². The highest BCUT2D eigenvalue weighted by atomic mass is 35.5. The molecule has 0 saturated carbocycles. The molecule has 2 aromatic heterocycles. The van der Waals surface area contributed by atoms with Gasteiger partial charge in [0, 0.05) is 11.4 Å². The van der Waals surface area contributed by atoms with Gasteiger partial charge in [-0.15, -0.1) is 22.7 Å². The summed E-state index contributed by atoms with van der Waals surface area (Å²) >= 11 is 14.2. The number of methoxy groups -OCH3 is 1. The third kappa shape index (κ3) is 3.52. The van der Waals surface area contributed by atoms with E-state index >= 15 is 0 Å². The van der Waals surface area contributed by atoms with Crippen molar-refractivity contribution in [3.63, 3.8) is 0 Å². The average Bonchev–Trinajstić information content (AvgIpc) is 3.12. The molecule has 138 valence electrons. The predicted octanol–water partition coefficient (Wildman–Crippen LogP) is 3.59. The highest BCUT2D eigenvalue weighted by Gasteiger charge is 2.30. The van der Waals surface area contributed by atoms with Crippen LogP contribution in [0.15, 0.2) is 6.07 Å². The minimum atomic E-state index is -0.640. The second-order valence-corrected chi connectivity index (χ2v) is 8.80. The Morgan fingerprint density at radius 1 is 1.31 bits per heavy atom. The van der Waals surface area contributed by atoms with Gasteiger partial charge in [0.05, 0.1) is 29.1 Å². The number of hydrogen-bond donors (Lipinski definition) is 2. The number of anilines is 1. The SMILES string of the molecule is COC(=O)N1CCc2c(sc(NC(=O)c3cc(Cl)sc3Cl)c2C(N)=O)C1. The fourth-order valence-electron chi connectivity index (χ4n) is 2.70. The van der Waals surface area contributed by atoms with E-state index in [0.29, 0.717) is 22.3 Å². The Hall–Kier alpha value is -1.81. The Bertz CT molecular complexity index is 909. The lowest BCUT2D eigenvalue weighted by Gasteiger charge is -2.25. The molecule has 0 aromatic carbocycles. The lowest BCUT2D eigenvalue weighted by molar-refractivity contribution is 0.0999. The first-order valence-corrected chi connectivity index (χ1v) is 9.74. The number of carbonyl (C=O) groups excluding carboxylic acids is 3. The van der Waals surface area contributed by atoms with Crippen molar-refractivity contribution in [3.8, 4) is 0 Å². The molecule has 7 nitrogen and oxygen atoms in total. The fraction of sp³-hybridized carbons (Fsp3) is 0.267. The van der Waals surface area contributed by atoms with Crippen molar-refractivity contribution in [1.82, 2.24) is 4.90 Å². The molecule has 26 heavy (non-hydrogen) atoms. The molecule has 3 heterocycles. The summed E-state index contributed by atoms with van der Waals surface area (Å²) in [5, 5.41) is 3.02. The maximum absolute atomic E-state index is 12.5. The first-order chi connectivity index (χ1) is 12.3. The van der Waals surface area contributed by atoms with Gasteiger partial charge in [0.15, 0.2) is 0 Å². The highest BCUT2D eigenvalue weighted by molar-refractivity contribution is 7.20. The number of primary amides is 1. The Labute approximate surface area is 166 Å². The second-order valence-electron chi connectivity index (χ2n) is 5.41. The van der Waals surface area contributed by atoms with E-state index < -0.39 is 17.9 Å². The number of hydrogen-bond acceptors (Lipinski definition) is 6. The molecule has 0 saturated heterocycles. The van der Waals surface area contributed by atoms with Gasteiger partial charge >= 0.3 is 6.09 Å². The van der Waals surface area contributed by atoms with Gasteiger partial charge in [-0.2, -0.15) is 0 Å². The van der Waals surface area contributed by atoms with Crippen molar-refractivity contribution in [1.29, 1.82) is 0 Å². The molecular weight excluding hydrogens is 421 g/mol. The lowest BCUT2D eigenvalue weighted by atomic mass is 10.0. The number of ether oxygens (including phenoxy) is 1. The Morgan fingerprint density at radius 2 is 2.04 bits per heavy atom. The molecule has 1 aliphatic heterocycles. The zero-order valence-electron chi connectivity index (χ0n) is 13.4. The van der Waals surface area contributed by atoms with Crippen molar-refractivity contribution < 1.29 is 19.1 Å². The molecule has 0 bridgehead atoms. The number of nitrogens with zero attached hydrogens (tertiary/aromatic N) is 1. The van der Waals surface area contributed by atoms with Gasteiger partial charge in [-0.25, -0.2) is 4.79 Å². The summed E-state index contributed by atoms with van der Waals surface area (Å²) in [4.78, 5) is 38.4. The van der Waals surface area contributed by atoms with E-state index in [-0.39, 0.29) is 22.0 Å². The summed E-state index contributed by atoms with van der Waals surface area (Å²) in [7, 11) is 1.31. The largest absolute Gasteiger partial charge is 0.453 e. The molecular formula is C15H13Cl2N3O4S2. The Kier molecular flexibility index (Phi) is 5.42. The van der Waals surface area contributed by atoms with E-state index in [1.807, 2.05) is 0 Å². The van der Waals surface area contributed by atoms with Crippen molar-refractivity contribution in [2.75, 3.05) is 19.0 Å². The predicted molar refractivity (Wildman–Crippen MR) is 102 cm³/mol. The van der Waals surface area contributed by atoms with Crippen LogP contribution < -0.4 is 11.1 Å². The van der Waals surface area contributed by atoms with Crippen LogP contribution in [0.4, 0.5) is 9.80 Å². The van der Waals surface area contributed by atoms with Crippen molar-refractivity contribution >= 4 is 68.8 Å². The maximum atomic E-state index is 12.5. The Morgan fingerprint density at radius 3 is 2.62 bits per heavy atom. The molecule has 1 aliphatic rings. The smallest absolute Gasteiger partial charge is 0.409 e. The number of rotatable bonds is 3. The van der Waals surface area contributed by atoms with Crippen LogP contribution in [-0.2, 0) is 17.7 Å². The van der Waals surface area contributed by atoms with Gasteiger partial charge in [-0.1, -0.05) is 23.2 Å². The van der Waals surface area contributed by atoms with E-state index in [1.54, 1.807) is 0 Å². The normalized spacial score (nSPS) is 13.3. The Balaban J connectivity index is 1.92. The minimum absolute atomic E-state index is 0.222. The van der Waals surface area contributed by atoms with E-state index in [2.05, 4.69) is 5.32 Å². The number of amides is 3. The third-order valence-electron chi connectivity index (χ3n) is 3.86. The molecule has 0 unspecified atom stereocenters. The first-order valence-electron chi connectivity index (χ1n) is 7.35. The zero-order chi connectivity index (χ0) is 19.0. The topological polar surface area (TPSA) is 102 Å². The average molecular weight is 434 g/mol. The summed E-state index contributed by atoms with van der Waals surface area (Å²) in [5.74, 6) is -1.12. The first kappa shape index (κ1) is 19.0. The number of thiophene rings is 2. The summed E-state index contributed by atoms with van der Waals surface area (Å²) in [6, 6.07) is 1.46. The van der Waals surface area contributed by atoms with Crippen LogP contribution in [0.2, 0.25) is 8.67 Å². The van der Waals surface area contributed by atoms with Gasteiger partial charge in [0.25, 0.3) is 11.8 Å². The fourth-order valence-corrected chi connectivity index (χ4v) is 5.42. The molecule has 0 fully saturated rings. The van der Waals surface area contributed by atoms with Crippen molar-refractivity contribution in [3.05, 3.63) is 36.3 Å². The lowest BCUT2D eigenvalue weighted by Crippen LogP contribution is -2.35.